The Morgan fingerprint density at radius 2 is 1.79 bits per heavy atom. The Bertz CT molecular complexity index is 1280. The zero-order valence-electron chi connectivity index (χ0n) is 17.6. The average Bonchev–Trinajstić information content (AvgIpc) is 3.07. The number of amides is 2. The van der Waals surface area contributed by atoms with E-state index in [1.54, 1.807) is 18.2 Å². The molecule has 3 aromatic rings. The molecule has 0 aromatic heterocycles. The number of para-hydroxylation sites is 1. The quantitative estimate of drug-likeness (QED) is 0.348. The van der Waals surface area contributed by atoms with E-state index in [0.29, 0.717) is 21.2 Å². The smallest absolute Gasteiger partial charge is 0.285 e. The Kier molecular flexibility index (Phi) is 7.13. The van der Waals surface area contributed by atoms with E-state index in [4.69, 9.17) is 28.6 Å². The summed E-state index contributed by atoms with van der Waals surface area (Å²) in [6.07, 6.45) is 1.71. The molecule has 0 aliphatic carbocycles. The maximum absolute atomic E-state index is 13.0. The first-order valence-electron chi connectivity index (χ1n) is 10.0. The van der Waals surface area contributed by atoms with Gasteiger partial charge in [-0.3, -0.25) is 15.0 Å². The summed E-state index contributed by atoms with van der Waals surface area (Å²) in [4.78, 5) is 26.0. The van der Waals surface area contributed by atoms with Crippen molar-refractivity contribution in [2.45, 2.75) is 13.5 Å². The second-order valence-corrected chi connectivity index (χ2v) is 9.27. The maximum atomic E-state index is 13.0. The van der Waals surface area contributed by atoms with Gasteiger partial charge in [-0.05, 0) is 49.0 Å². The molecule has 0 radical (unpaired) electrons. The molecule has 0 atom stereocenters. The van der Waals surface area contributed by atoms with Crippen LogP contribution in [0.2, 0.25) is 5.02 Å². The predicted octanol–water partition coefficient (Wildman–Crippen LogP) is 5.77. The molecule has 2 amide bonds. The molecule has 1 saturated heterocycles. The van der Waals surface area contributed by atoms with Crippen LogP contribution in [0.3, 0.4) is 0 Å². The van der Waals surface area contributed by atoms with Gasteiger partial charge in [-0.1, -0.05) is 78.0 Å². The molecule has 1 aliphatic heterocycles. The van der Waals surface area contributed by atoms with Crippen LogP contribution >= 0.6 is 35.6 Å². The molecule has 33 heavy (non-hydrogen) atoms. The minimum atomic E-state index is -0.396. The van der Waals surface area contributed by atoms with E-state index in [-0.39, 0.29) is 10.9 Å². The number of nitrogens with one attached hydrogen (secondary N) is 1. The van der Waals surface area contributed by atoms with Crippen molar-refractivity contribution in [3.63, 3.8) is 0 Å². The molecule has 0 spiro atoms. The number of rotatable bonds is 6. The van der Waals surface area contributed by atoms with Crippen molar-refractivity contribution in [2.75, 3.05) is 0 Å². The van der Waals surface area contributed by atoms with Crippen molar-refractivity contribution in [3.05, 3.63) is 105 Å². The lowest BCUT2D eigenvalue weighted by Crippen LogP contribution is -2.45. The van der Waals surface area contributed by atoms with Crippen molar-refractivity contribution < 1.29 is 14.3 Å². The van der Waals surface area contributed by atoms with E-state index >= 15 is 0 Å². The summed E-state index contributed by atoms with van der Waals surface area (Å²) in [5, 5.41) is 1.73. The SMILES string of the molecule is Cc1ccccc1C(=O)NN1C(=O)/C(=C\c2ccccc2OCc2ccccc2Cl)SC1=S. The second kappa shape index (κ2) is 10.2. The second-order valence-electron chi connectivity index (χ2n) is 7.19. The molecule has 1 N–H and O–H groups in total. The third-order valence-electron chi connectivity index (χ3n) is 4.94. The number of nitrogens with zero attached hydrogens (tertiary/aromatic N) is 1. The number of aryl methyl sites for hydroxylation is 1. The van der Waals surface area contributed by atoms with Gasteiger partial charge in [0.1, 0.15) is 12.4 Å². The molecule has 0 bridgehead atoms. The van der Waals surface area contributed by atoms with Gasteiger partial charge < -0.3 is 4.74 Å². The predicted molar refractivity (Wildman–Crippen MR) is 136 cm³/mol. The largest absolute Gasteiger partial charge is 0.488 e. The fourth-order valence-corrected chi connectivity index (χ4v) is 4.56. The third kappa shape index (κ3) is 5.27. The van der Waals surface area contributed by atoms with Gasteiger partial charge in [-0.2, -0.15) is 5.01 Å². The summed E-state index contributed by atoms with van der Waals surface area (Å²) < 4.78 is 6.23. The molecule has 4 rings (SSSR count). The monoisotopic (exact) mass is 494 g/mol. The number of benzene rings is 3. The molecule has 166 valence electrons. The number of carbonyl (C=O) groups is 2. The average molecular weight is 495 g/mol. The number of ether oxygens (including phenoxy) is 1. The third-order valence-corrected chi connectivity index (χ3v) is 6.61. The summed E-state index contributed by atoms with van der Waals surface area (Å²) in [5.41, 5.74) is 5.48. The van der Waals surface area contributed by atoms with E-state index in [1.165, 1.54) is 0 Å². The van der Waals surface area contributed by atoms with E-state index < -0.39 is 11.8 Å². The molecular formula is C25H19ClN2O3S2. The maximum Gasteiger partial charge on any atom is 0.285 e. The number of thioether (sulfide) groups is 1. The van der Waals surface area contributed by atoms with Gasteiger partial charge in [0, 0.05) is 21.7 Å². The van der Waals surface area contributed by atoms with Crippen molar-refractivity contribution in [1.29, 1.82) is 0 Å². The van der Waals surface area contributed by atoms with Gasteiger partial charge in [0.25, 0.3) is 11.8 Å². The number of carbonyl (C=O) groups excluding carboxylic acids is 2. The van der Waals surface area contributed by atoms with Crippen molar-refractivity contribution in [1.82, 2.24) is 10.4 Å². The molecule has 5 nitrogen and oxygen atoms in total. The van der Waals surface area contributed by atoms with Crippen LogP contribution in [0.5, 0.6) is 5.75 Å². The highest BCUT2D eigenvalue weighted by Crippen LogP contribution is 2.33. The number of hydrogen-bond acceptors (Lipinski definition) is 5. The number of hydrogen-bond donors (Lipinski definition) is 1. The number of halogens is 1. The summed E-state index contributed by atoms with van der Waals surface area (Å²) in [5.74, 6) is -0.186. The highest BCUT2D eigenvalue weighted by molar-refractivity contribution is 8.26. The van der Waals surface area contributed by atoms with Crippen molar-refractivity contribution >= 4 is 57.8 Å². The zero-order chi connectivity index (χ0) is 23.4. The highest BCUT2D eigenvalue weighted by atomic mass is 35.5. The summed E-state index contributed by atoms with van der Waals surface area (Å²) in [7, 11) is 0. The first-order valence-corrected chi connectivity index (χ1v) is 11.6. The minimum absolute atomic E-state index is 0.252. The fourth-order valence-electron chi connectivity index (χ4n) is 3.20. The highest BCUT2D eigenvalue weighted by Gasteiger charge is 2.34. The van der Waals surface area contributed by atoms with Gasteiger partial charge in [-0.15, -0.1) is 0 Å². The van der Waals surface area contributed by atoms with Crippen LogP contribution in [-0.2, 0) is 11.4 Å². The molecule has 0 saturated carbocycles. The van der Waals surface area contributed by atoms with Gasteiger partial charge in [0.15, 0.2) is 4.32 Å². The van der Waals surface area contributed by atoms with Crippen LogP contribution in [0.1, 0.15) is 27.0 Å². The van der Waals surface area contributed by atoms with Crippen molar-refractivity contribution in [2.24, 2.45) is 0 Å². The number of thiocarbonyl (C=S) groups is 1. The molecule has 8 heteroatoms. The molecule has 1 heterocycles. The van der Waals surface area contributed by atoms with Crippen LogP contribution in [0.15, 0.2) is 77.7 Å². The molecular weight excluding hydrogens is 476 g/mol. The van der Waals surface area contributed by atoms with E-state index in [2.05, 4.69) is 5.43 Å². The van der Waals surface area contributed by atoms with Crippen LogP contribution in [0.25, 0.3) is 6.08 Å². The summed E-state index contributed by atoms with van der Waals surface area (Å²) in [6, 6.07) is 22.0. The van der Waals surface area contributed by atoms with Crippen molar-refractivity contribution in [3.8, 4) is 5.75 Å². The number of hydrazine groups is 1. The van der Waals surface area contributed by atoms with Crippen LogP contribution in [0.4, 0.5) is 0 Å². The zero-order valence-corrected chi connectivity index (χ0v) is 20.0. The lowest BCUT2D eigenvalue weighted by Gasteiger charge is -2.16. The summed E-state index contributed by atoms with van der Waals surface area (Å²) >= 11 is 12.7. The van der Waals surface area contributed by atoms with Gasteiger partial charge >= 0.3 is 0 Å². The van der Waals surface area contributed by atoms with E-state index in [1.807, 2.05) is 67.6 Å². The minimum Gasteiger partial charge on any atom is -0.488 e. The van der Waals surface area contributed by atoms with Crippen LogP contribution in [-0.4, -0.2) is 21.1 Å². The molecule has 1 aliphatic rings. The topological polar surface area (TPSA) is 58.6 Å². The Morgan fingerprint density at radius 3 is 2.58 bits per heavy atom. The van der Waals surface area contributed by atoms with Gasteiger partial charge in [-0.25, -0.2) is 0 Å². The van der Waals surface area contributed by atoms with E-state index in [0.717, 1.165) is 33.5 Å². The first-order chi connectivity index (χ1) is 15.9. The standard InChI is InChI=1S/C25H19ClN2O3S2/c1-16-8-2-5-11-19(16)23(29)27-28-24(30)22(33-25(28)32)14-17-9-4-7-13-21(17)31-15-18-10-3-6-12-20(18)26/h2-14H,15H2,1H3,(H,27,29)/b22-14+. The fraction of sp³-hybridized carbons (Fsp3) is 0.0800. The Balaban J connectivity index is 1.51. The molecule has 0 unspecified atom stereocenters. The Morgan fingerprint density at radius 1 is 1.09 bits per heavy atom. The van der Waals surface area contributed by atoms with Crippen LogP contribution in [0, 0.1) is 6.92 Å². The lowest BCUT2D eigenvalue weighted by atomic mass is 10.1. The van der Waals surface area contributed by atoms with E-state index in [9.17, 15) is 9.59 Å². The normalized spacial score (nSPS) is 14.6. The lowest BCUT2D eigenvalue weighted by molar-refractivity contribution is -0.123. The first kappa shape index (κ1) is 23.0. The van der Waals surface area contributed by atoms with Gasteiger partial charge in [0.2, 0.25) is 0 Å². The van der Waals surface area contributed by atoms with Gasteiger partial charge in [0.05, 0.1) is 4.91 Å². The van der Waals surface area contributed by atoms with Crippen LogP contribution < -0.4 is 10.2 Å². The summed E-state index contributed by atoms with van der Waals surface area (Å²) in [6.45, 7) is 2.12. The Hall–Kier alpha value is -3.13. The molecule has 3 aromatic carbocycles. The molecule has 1 fully saturated rings. The Labute approximate surface area is 206 Å².